The number of carbonyl (C=O) groups is 1. The van der Waals surface area contributed by atoms with Gasteiger partial charge in [0.15, 0.2) is 0 Å². The van der Waals surface area contributed by atoms with Crippen LogP contribution < -0.4 is 10.6 Å². The maximum absolute atomic E-state index is 12.5. The Labute approximate surface area is 169 Å². The Morgan fingerprint density at radius 2 is 1.67 bits per heavy atom. The summed E-state index contributed by atoms with van der Waals surface area (Å²) in [6, 6.07) is 11.0. The monoisotopic (exact) mass is 429 g/mol. The smallest absolute Gasteiger partial charge is 0.243 e. The number of nitrogens with one attached hydrogen (secondary N) is 2. The van der Waals surface area contributed by atoms with Crippen LogP contribution in [-0.2, 0) is 14.8 Å². The highest BCUT2D eigenvalue weighted by atomic mass is 35.5. The maximum atomic E-state index is 12.5. The number of carbonyl (C=O) groups excluding carboxylic acids is 1. The number of benzene rings is 2. The number of halogens is 2. The normalized spacial score (nSPS) is 11.4. The van der Waals surface area contributed by atoms with Crippen LogP contribution in [0.15, 0.2) is 47.4 Å². The topological polar surface area (TPSA) is 78.5 Å². The SMILES string of the molecule is CCN(CC)S(=O)(=O)c1ccc(NC(=O)CNc2cc(Cl)ccc2Cl)cc1. The van der Waals surface area contributed by atoms with Crippen LogP contribution in [0, 0.1) is 0 Å². The van der Waals surface area contributed by atoms with E-state index in [0.717, 1.165) is 0 Å². The molecule has 0 aliphatic rings. The molecule has 0 saturated carbocycles. The van der Waals surface area contributed by atoms with Gasteiger partial charge < -0.3 is 10.6 Å². The van der Waals surface area contributed by atoms with Gasteiger partial charge in [0.05, 0.1) is 22.2 Å². The van der Waals surface area contributed by atoms with Crippen molar-refractivity contribution in [3.8, 4) is 0 Å². The van der Waals surface area contributed by atoms with Crippen molar-refractivity contribution in [1.82, 2.24) is 4.31 Å². The Morgan fingerprint density at radius 3 is 2.26 bits per heavy atom. The van der Waals surface area contributed by atoms with E-state index in [2.05, 4.69) is 10.6 Å². The second-order valence-electron chi connectivity index (χ2n) is 5.64. The Kier molecular flexibility index (Phi) is 7.49. The first-order chi connectivity index (χ1) is 12.8. The van der Waals surface area contributed by atoms with Gasteiger partial charge in [-0.25, -0.2) is 8.42 Å². The predicted octanol–water partition coefficient (Wildman–Crippen LogP) is 4.07. The van der Waals surface area contributed by atoms with Gasteiger partial charge in [0.2, 0.25) is 15.9 Å². The molecule has 0 aromatic heterocycles. The summed E-state index contributed by atoms with van der Waals surface area (Å²) >= 11 is 11.9. The summed E-state index contributed by atoms with van der Waals surface area (Å²) in [5.74, 6) is -0.301. The third-order valence-corrected chi connectivity index (χ3v) is 6.48. The van der Waals surface area contributed by atoms with Crippen molar-refractivity contribution in [2.45, 2.75) is 18.7 Å². The minimum Gasteiger partial charge on any atom is -0.375 e. The van der Waals surface area contributed by atoms with E-state index >= 15 is 0 Å². The van der Waals surface area contributed by atoms with E-state index < -0.39 is 10.0 Å². The van der Waals surface area contributed by atoms with Crippen LogP contribution in [-0.4, -0.2) is 38.3 Å². The molecule has 0 heterocycles. The van der Waals surface area contributed by atoms with Gasteiger partial charge >= 0.3 is 0 Å². The van der Waals surface area contributed by atoms with E-state index in [1.807, 2.05) is 0 Å². The molecule has 2 aromatic carbocycles. The fraction of sp³-hybridized carbons (Fsp3) is 0.278. The molecule has 0 radical (unpaired) electrons. The second-order valence-corrected chi connectivity index (χ2v) is 8.42. The molecule has 0 saturated heterocycles. The predicted molar refractivity (Wildman–Crippen MR) is 110 cm³/mol. The highest BCUT2D eigenvalue weighted by molar-refractivity contribution is 7.89. The average molecular weight is 430 g/mol. The van der Waals surface area contributed by atoms with Crippen LogP contribution in [0.25, 0.3) is 0 Å². The molecule has 0 spiro atoms. The number of hydrogen-bond acceptors (Lipinski definition) is 4. The number of nitrogens with zero attached hydrogens (tertiary/aromatic N) is 1. The second kappa shape index (κ2) is 9.41. The molecule has 0 fully saturated rings. The van der Waals surface area contributed by atoms with Gasteiger partial charge in [-0.3, -0.25) is 4.79 Å². The van der Waals surface area contributed by atoms with Crippen molar-refractivity contribution in [1.29, 1.82) is 0 Å². The molecule has 6 nitrogen and oxygen atoms in total. The zero-order valence-electron chi connectivity index (χ0n) is 15.0. The quantitative estimate of drug-likeness (QED) is 0.662. The zero-order chi connectivity index (χ0) is 20.0. The maximum Gasteiger partial charge on any atom is 0.243 e. The van der Waals surface area contributed by atoms with Gasteiger partial charge in [0, 0.05) is 23.8 Å². The molecular weight excluding hydrogens is 409 g/mol. The van der Waals surface area contributed by atoms with Crippen molar-refractivity contribution in [2.24, 2.45) is 0 Å². The van der Waals surface area contributed by atoms with Crippen molar-refractivity contribution < 1.29 is 13.2 Å². The van der Waals surface area contributed by atoms with Gasteiger partial charge in [-0.05, 0) is 42.5 Å². The molecule has 0 unspecified atom stereocenters. The summed E-state index contributed by atoms with van der Waals surface area (Å²) in [4.78, 5) is 12.3. The van der Waals surface area contributed by atoms with Gasteiger partial charge in [0.25, 0.3) is 0 Å². The number of hydrogen-bond donors (Lipinski definition) is 2. The van der Waals surface area contributed by atoms with Gasteiger partial charge in [-0.15, -0.1) is 0 Å². The number of sulfonamides is 1. The molecule has 2 rings (SSSR count). The molecule has 27 heavy (non-hydrogen) atoms. The number of anilines is 2. The van der Waals surface area contributed by atoms with E-state index in [1.165, 1.54) is 16.4 Å². The van der Waals surface area contributed by atoms with Gasteiger partial charge in [-0.2, -0.15) is 4.31 Å². The van der Waals surface area contributed by atoms with Crippen molar-refractivity contribution >= 4 is 50.5 Å². The molecule has 2 N–H and O–H groups in total. The number of rotatable bonds is 8. The van der Waals surface area contributed by atoms with Crippen molar-refractivity contribution in [3.63, 3.8) is 0 Å². The highest BCUT2D eigenvalue weighted by Crippen LogP contribution is 2.25. The Morgan fingerprint density at radius 1 is 1.04 bits per heavy atom. The van der Waals surface area contributed by atoms with Crippen LogP contribution in [0.2, 0.25) is 10.0 Å². The fourth-order valence-electron chi connectivity index (χ4n) is 2.44. The lowest BCUT2D eigenvalue weighted by atomic mass is 10.3. The summed E-state index contributed by atoms with van der Waals surface area (Å²) in [5.41, 5.74) is 1.05. The molecule has 0 aliphatic heterocycles. The summed E-state index contributed by atoms with van der Waals surface area (Å²) in [7, 11) is -3.52. The van der Waals surface area contributed by atoms with E-state index in [-0.39, 0.29) is 17.3 Å². The minimum atomic E-state index is -3.52. The van der Waals surface area contributed by atoms with Crippen molar-refractivity contribution in [2.75, 3.05) is 30.3 Å². The third-order valence-electron chi connectivity index (χ3n) is 3.85. The molecule has 9 heteroatoms. The molecule has 0 atom stereocenters. The fourth-order valence-corrected chi connectivity index (χ4v) is 4.25. The van der Waals surface area contributed by atoms with Crippen LogP contribution in [0.4, 0.5) is 11.4 Å². The Hall–Kier alpha value is -1.80. The lowest BCUT2D eigenvalue weighted by molar-refractivity contribution is -0.114. The van der Waals surface area contributed by atoms with Crippen molar-refractivity contribution in [3.05, 3.63) is 52.5 Å². The van der Waals surface area contributed by atoms with Crippen LogP contribution in [0.5, 0.6) is 0 Å². The summed E-state index contributed by atoms with van der Waals surface area (Å²) in [6.07, 6.45) is 0. The minimum absolute atomic E-state index is 0.0143. The molecule has 2 aromatic rings. The highest BCUT2D eigenvalue weighted by Gasteiger charge is 2.21. The summed E-state index contributed by atoms with van der Waals surface area (Å²) < 4.78 is 26.3. The van der Waals surface area contributed by atoms with Crippen LogP contribution in [0.3, 0.4) is 0 Å². The molecule has 0 aliphatic carbocycles. The van der Waals surface area contributed by atoms with Crippen LogP contribution in [0.1, 0.15) is 13.8 Å². The Bertz CT molecular complexity index is 899. The van der Waals surface area contributed by atoms with Gasteiger partial charge in [-0.1, -0.05) is 37.0 Å². The third kappa shape index (κ3) is 5.59. The molecule has 1 amide bonds. The lowest BCUT2D eigenvalue weighted by Gasteiger charge is -2.18. The lowest BCUT2D eigenvalue weighted by Crippen LogP contribution is -2.30. The van der Waals surface area contributed by atoms with E-state index in [9.17, 15) is 13.2 Å². The first kappa shape index (κ1) is 21.5. The largest absolute Gasteiger partial charge is 0.375 e. The first-order valence-corrected chi connectivity index (χ1v) is 10.6. The zero-order valence-corrected chi connectivity index (χ0v) is 17.3. The van der Waals surface area contributed by atoms with E-state index in [1.54, 1.807) is 44.2 Å². The molecule has 146 valence electrons. The molecule has 0 bridgehead atoms. The number of amides is 1. The van der Waals surface area contributed by atoms with E-state index in [0.29, 0.717) is 34.5 Å². The van der Waals surface area contributed by atoms with Crippen LogP contribution >= 0.6 is 23.2 Å². The first-order valence-electron chi connectivity index (χ1n) is 8.37. The van der Waals surface area contributed by atoms with Gasteiger partial charge in [0.1, 0.15) is 0 Å². The molecular formula is C18H21Cl2N3O3S. The summed E-state index contributed by atoms with van der Waals surface area (Å²) in [6.45, 7) is 4.35. The average Bonchev–Trinajstić information content (AvgIpc) is 2.63. The Balaban J connectivity index is 2.00. The summed E-state index contributed by atoms with van der Waals surface area (Å²) in [5, 5.41) is 6.57. The standard InChI is InChI=1S/C18H21Cl2N3O3S/c1-3-23(4-2)27(25,26)15-8-6-14(7-9-15)22-18(24)12-21-17-11-13(19)5-10-16(17)20/h5-11,21H,3-4,12H2,1-2H3,(H,22,24). The van der Waals surface area contributed by atoms with E-state index in [4.69, 9.17) is 23.2 Å².